The fourth-order valence-electron chi connectivity index (χ4n) is 2.18. The molecule has 1 aliphatic carbocycles. The highest BCUT2D eigenvalue weighted by molar-refractivity contribution is 6.42. The van der Waals surface area contributed by atoms with Crippen molar-refractivity contribution >= 4 is 29.2 Å². The van der Waals surface area contributed by atoms with Crippen molar-refractivity contribution in [1.82, 2.24) is 0 Å². The molecule has 100 valence electrons. The normalized spacial score (nSPS) is 16.4. The Labute approximate surface area is 122 Å². The summed E-state index contributed by atoms with van der Waals surface area (Å²) in [5, 5.41) is 0.917. The lowest BCUT2D eigenvalue weighted by molar-refractivity contribution is -0.143. The first-order valence-corrected chi connectivity index (χ1v) is 6.75. The Morgan fingerprint density at radius 1 is 1.26 bits per heavy atom. The van der Waals surface area contributed by atoms with Gasteiger partial charge in [-0.2, -0.15) is 0 Å². The lowest BCUT2D eigenvalue weighted by atomic mass is 9.83. The van der Waals surface area contributed by atoms with Crippen LogP contribution in [0, 0.1) is 5.92 Å². The number of benzene rings is 1. The number of carbonyl (C=O) groups excluding carboxylic acids is 1. The molecule has 0 aromatic heterocycles. The molecule has 0 bridgehead atoms. The molecule has 1 aromatic carbocycles. The third-order valence-corrected chi connectivity index (χ3v) is 3.87. The Morgan fingerprint density at radius 2 is 1.95 bits per heavy atom. The number of rotatable bonds is 3. The van der Waals surface area contributed by atoms with Crippen molar-refractivity contribution in [3.63, 3.8) is 0 Å². The van der Waals surface area contributed by atoms with Crippen molar-refractivity contribution in [3.8, 4) is 0 Å². The van der Waals surface area contributed by atoms with Crippen molar-refractivity contribution in [2.45, 2.75) is 12.3 Å². The number of halogens is 2. The fourth-order valence-corrected chi connectivity index (χ4v) is 2.49. The van der Waals surface area contributed by atoms with Gasteiger partial charge in [0, 0.05) is 5.92 Å². The van der Waals surface area contributed by atoms with Crippen LogP contribution in [0.1, 0.15) is 17.9 Å². The molecule has 2 nitrogen and oxygen atoms in total. The maximum Gasteiger partial charge on any atom is 0.314 e. The fraction of sp³-hybridized carbons (Fsp3) is 0.267. The number of esters is 1. The van der Waals surface area contributed by atoms with Crippen molar-refractivity contribution in [2.75, 3.05) is 7.11 Å². The van der Waals surface area contributed by atoms with Crippen LogP contribution in [-0.2, 0) is 9.53 Å². The SMILES string of the molecule is COC(=O)[C@@H](c1ccc(Cl)c(Cl)c1)C1C=CCC=C1. The predicted molar refractivity (Wildman–Crippen MR) is 77.6 cm³/mol. The summed E-state index contributed by atoms with van der Waals surface area (Å²) in [6.45, 7) is 0. The molecule has 0 spiro atoms. The van der Waals surface area contributed by atoms with Gasteiger partial charge in [0.05, 0.1) is 23.1 Å². The van der Waals surface area contributed by atoms with Gasteiger partial charge in [0.25, 0.3) is 0 Å². The monoisotopic (exact) mass is 296 g/mol. The minimum atomic E-state index is -0.396. The van der Waals surface area contributed by atoms with Gasteiger partial charge in [0.15, 0.2) is 0 Å². The molecule has 0 amide bonds. The molecule has 0 aliphatic heterocycles. The summed E-state index contributed by atoms with van der Waals surface area (Å²) in [7, 11) is 1.39. The molecule has 19 heavy (non-hydrogen) atoms. The molecule has 0 fully saturated rings. The van der Waals surface area contributed by atoms with Gasteiger partial charge in [-0.1, -0.05) is 53.6 Å². The molecule has 4 heteroatoms. The van der Waals surface area contributed by atoms with E-state index in [-0.39, 0.29) is 11.9 Å². The Kier molecular flexibility index (Phi) is 4.67. The van der Waals surface area contributed by atoms with E-state index in [2.05, 4.69) is 0 Å². The molecule has 0 saturated heterocycles. The molecular formula is C15H14Cl2O2. The van der Waals surface area contributed by atoms with Crippen LogP contribution >= 0.6 is 23.2 Å². The number of allylic oxidation sites excluding steroid dienone is 4. The number of hydrogen-bond acceptors (Lipinski definition) is 2. The summed E-state index contributed by atoms with van der Waals surface area (Å²) in [5.41, 5.74) is 0.808. The topological polar surface area (TPSA) is 26.3 Å². The summed E-state index contributed by atoms with van der Waals surface area (Å²) in [6, 6.07) is 5.24. The maximum atomic E-state index is 12.0. The Bertz CT molecular complexity index is 523. The van der Waals surface area contributed by atoms with Crippen LogP contribution in [0.15, 0.2) is 42.5 Å². The zero-order valence-electron chi connectivity index (χ0n) is 10.5. The van der Waals surface area contributed by atoms with E-state index < -0.39 is 5.92 Å². The first-order valence-electron chi connectivity index (χ1n) is 5.99. The predicted octanol–water partition coefficient (Wildman–Crippen LogP) is 4.38. The van der Waals surface area contributed by atoms with Gasteiger partial charge in [0.2, 0.25) is 0 Å². The molecule has 2 rings (SSSR count). The highest BCUT2D eigenvalue weighted by Gasteiger charge is 2.28. The second kappa shape index (κ2) is 6.27. The molecule has 0 heterocycles. The number of methoxy groups -OCH3 is 1. The molecule has 1 aromatic rings. The summed E-state index contributed by atoms with van der Waals surface area (Å²) in [4.78, 5) is 12.0. The summed E-state index contributed by atoms with van der Waals surface area (Å²) in [6.07, 6.45) is 9.01. The highest BCUT2D eigenvalue weighted by atomic mass is 35.5. The average Bonchev–Trinajstić information content (AvgIpc) is 2.44. The maximum absolute atomic E-state index is 12.0. The zero-order valence-corrected chi connectivity index (χ0v) is 12.0. The lowest BCUT2D eigenvalue weighted by Gasteiger charge is -2.22. The van der Waals surface area contributed by atoms with E-state index in [1.54, 1.807) is 12.1 Å². The van der Waals surface area contributed by atoms with Gasteiger partial charge in [-0.15, -0.1) is 0 Å². The van der Waals surface area contributed by atoms with Crippen molar-refractivity contribution in [3.05, 3.63) is 58.1 Å². The van der Waals surface area contributed by atoms with E-state index in [1.807, 2.05) is 30.4 Å². The Hall–Kier alpha value is -1.25. The van der Waals surface area contributed by atoms with Crippen molar-refractivity contribution in [1.29, 1.82) is 0 Å². The van der Waals surface area contributed by atoms with Gasteiger partial charge >= 0.3 is 5.97 Å². The van der Waals surface area contributed by atoms with Crippen LogP contribution in [0.5, 0.6) is 0 Å². The second-order valence-electron chi connectivity index (χ2n) is 4.34. The Morgan fingerprint density at radius 3 is 2.53 bits per heavy atom. The number of ether oxygens (including phenoxy) is 1. The molecule has 0 saturated carbocycles. The van der Waals surface area contributed by atoms with Crippen LogP contribution < -0.4 is 0 Å². The van der Waals surface area contributed by atoms with Crippen LogP contribution in [0.25, 0.3) is 0 Å². The smallest absolute Gasteiger partial charge is 0.314 e. The van der Waals surface area contributed by atoms with E-state index in [0.717, 1.165) is 12.0 Å². The van der Waals surface area contributed by atoms with Crippen molar-refractivity contribution in [2.24, 2.45) is 5.92 Å². The molecule has 0 radical (unpaired) electrons. The van der Waals surface area contributed by atoms with E-state index in [1.165, 1.54) is 7.11 Å². The van der Waals surface area contributed by atoms with E-state index in [9.17, 15) is 4.79 Å². The first kappa shape index (κ1) is 14.2. The summed E-state index contributed by atoms with van der Waals surface area (Å²) < 4.78 is 4.91. The van der Waals surface area contributed by atoms with Crippen molar-refractivity contribution < 1.29 is 9.53 Å². The molecule has 1 atom stereocenters. The van der Waals surface area contributed by atoms with Gasteiger partial charge in [-0.25, -0.2) is 0 Å². The van der Waals surface area contributed by atoms with E-state index in [0.29, 0.717) is 10.0 Å². The van der Waals surface area contributed by atoms with Crippen LogP contribution in [-0.4, -0.2) is 13.1 Å². The minimum absolute atomic E-state index is 0.0153. The van der Waals surface area contributed by atoms with Gasteiger partial charge in [-0.3, -0.25) is 4.79 Å². The highest BCUT2D eigenvalue weighted by Crippen LogP contribution is 2.33. The lowest BCUT2D eigenvalue weighted by Crippen LogP contribution is -2.21. The largest absolute Gasteiger partial charge is 0.469 e. The minimum Gasteiger partial charge on any atom is -0.469 e. The second-order valence-corrected chi connectivity index (χ2v) is 5.16. The number of hydrogen-bond donors (Lipinski definition) is 0. The van der Waals surface area contributed by atoms with Gasteiger partial charge < -0.3 is 4.74 Å². The third-order valence-electron chi connectivity index (χ3n) is 3.13. The van der Waals surface area contributed by atoms with Crippen LogP contribution in [0.3, 0.4) is 0 Å². The van der Waals surface area contributed by atoms with E-state index in [4.69, 9.17) is 27.9 Å². The standard InChI is InChI=1S/C15H14Cl2O2/c1-19-15(18)14(10-5-3-2-4-6-10)11-7-8-12(16)13(17)9-11/h3-10,14H,2H2,1H3/t14-/m1/s1. The van der Waals surface area contributed by atoms with E-state index >= 15 is 0 Å². The van der Waals surface area contributed by atoms with Crippen LogP contribution in [0.4, 0.5) is 0 Å². The van der Waals surface area contributed by atoms with Crippen LogP contribution in [0.2, 0.25) is 10.0 Å². The summed E-state index contributed by atoms with van der Waals surface area (Å²) >= 11 is 11.9. The number of carbonyl (C=O) groups is 1. The first-order chi connectivity index (χ1) is 9.13. The summed E-state index contributed by atoms with van der Waals surface area (Å²) in [5.74, 6) is -0.689. The van der Waals surface area contributed by atoms with Gasteiger partial charge in [-0.05, 0) is 24.1 Å². The quantitative estimate of drug-likeness (QED) is 0.611. The third kappa shape index (κ3) is 3.20. The zero-order chi connectivity index (χ0) is 13.8. The molecular weight excluding hydrogens is 283 g/mol. The van der Waals surface area contributed by atoms with Gasteiger partial charge in [0.1, 0.15) is 0 Å². The molecule has 0 N–H and O–H groups in total. The molecule has 0 unspecified atom stereocenters. The molecule has 1 aliphatic rings. The Balaban J connectivity index is 2.39. The average molecular weight is 297 g/mol.